The molecule has 0 aliphatic rings. The van der Waals surface area contributed by atoms with Gasteiger partial charge in [-0.05, 0) is 24.3 Å². The first-order chi connectivity index (χ1) is 8.30. The molecular weight excluding hydrogens is 220 g/mol. The molecule has 0 saturated heterocycles. The van der Waals surface area contributed by atoms with E-state index in [1.54, 1.807) is 38.5 Å². The summed E-state index contributed by atoms with van der Waals surface area (Å²) in [6.45, 7) is 0. The second-order valence-electron chi connectivity index (χ2n) is 3.36. The van der Waals surface area contributed by atoms with Crippen LogP contribution in [0.15, 0.2) is 34.7 Å². The van der Waals surface area contributed by atoms with E-state index >= 15 is 0 Å². The number of furan rings is 1. The molecule has 0 aliphatic carbocycles. The molecule has 0 amide bonds. The number of hydrogen-bond donors (Lipinski definition) is 0. The van der Waals surface area contributed by atoms with Crippen molar-refractivity contribution in [3.8, 4) is 22.8 Å². The summed E-state index contributed by atoms with van der Waals surface area (Å²) in [4.78, 5) is 10.6. The van der Waals surface area contributed by atoms with Gasteiger partial charge in [0.25, 0.3) is 0 Å². The van der Waals surface area contributed by atoms with E-state index in [0.29, 0.717) is 29.1 Å². The quantitative estimate of drug-likeness (QED) is 0.760. The predicted molar refractivity (Wildman–Crippen MR) is 62.6 cm³/mol. The van der Waals surface area contributed by atoms with E-state index in [9.17, 15) is 4.79 Å². The molecule has 0 spiro atoms. The number of hydrogen-bond acceptors (Lipinski definition) is 4. The van der Waals surface area contributed by atoms with Crippen molar-refractivity contribution in [1.29, 1.82) is 0 Å². The van der Waals surface area contributed by atoms with Gasteiger partial charge in [0.2, 0.25) is 0 Å². The van der Waals surface area contributed by atoms with Gasteiger partial charge in [-0.15, -0.1) is 0 Å². The highest BCUT2D eigenvalue weighted by atomic mass is 16.5. The summed E-state index contributed by atoms with van der Waals surface area (Å²) in [5.41, 5.74) is 0.700. The lowest BCUT2D eigenvalue weighted by Gasteiger charge is -2.10. The van der Waals surface area contributed by atoms with Gasteiger partial charge in [0, 0.05) is 0 Å². The van der Waals surface area contributed by atoms with Gasteiger partial charge in [-0.2, -0.15) is 0 Å². The van der Waals surface area contributed by atoms with E-state index in [1.807, 2.05) is 6.07 Å². The molecule has 1 aromatic heterocycles. The maximum atomic E-state index is 10.6. The van der Waals surface area contributed by atoms with E-state index in [-0.39, 0.29) is 5.76 Å². The molecule has 2 aromatic rings. The van der Waals surface area contributed by atoms with E-state index in [4.69, 9.17) is 13.9 Å². The van der Waals surface area contributed by atoms with Crippen LogP contribution in [-0.4, -0.2) is 20.5 Å². The van der Waals surface area contributed by atoms with Crippen molar-refractivity contribution in [1.82, 2.24) is 0 Å². The van der Waals surface area contributed by atoms with Crippen LogP contribution in [0.3, 0.4) is 0 Å². The fourth-order valence-electron chi connectivity index (χ4n) is 1.64. The average Bonchev–Trinajstić information content (AvgIpc) is 2.86. The fourth-order valence-corrected chi connectivity index (χ4v) is 1.64. The zero-order valence-corrected chi connectivity index (χ0v) is 9.60. The minimum absolute atomic E-state index is 0.271. The van der Waals surface area contributed by atoms with Gasteiger partial charge < -0.3 is 13.9 Å². The molecule has 0 N–H and O–H groups in total. The summed E-state index contributed by atoms with van der Waals surface area (Å²) in [6.07, 6.45) is 0.658. The summed E-state index contributed by atoms with van der Waals surface area (Å²) in [5.74, 6) is 2.08. The van der Waals surface area contributed by atoms with Gasteiger partial charge in [-0.25, -0.2) is 0 Å². The van der Waals surface area contributed by atoms with Crippen LogP contribution in [0.5, 0.6) is 11.5 Å². The zero-order valence-electron chi connectivity index (χ0n) is 9.60. The minimum atomic E-state index is 0.271. The smallest absolute Gasteiger partial charge is 0.185 e. The summed E-state index contributed by atoms with van der Waals surface area (Å²) in [7, 11) is 3.14. The first kappa shape index (κ1) is 11.3. The van der Waals surface area contributed by atoms with Crippen molar-refractivity contribution in [3.05, 3.63) is 36.1 Å². The number of carbonyl (C=O) groups excluding carboxylic acids is 1. The number of rotatable bonds is 4. The molecule has 0 fully saturated rings. The maximum absolute atomic E-state index is 10.6. The van der Waals surface area contributed by atoms with Crippen molar-refractivity contribution in [2.45, 2.75) is 0 Å². The first-order valence-corrected chi connectivity index (χ1v) is 5.06. The van der Waals surface area contributed by atoms with Crippen molar-refractivity contribution >= 4 is 6.29 Å². The Morgan fingerprint density at radius 3 is 2.18 bits per heavy atom. The Morgan fingerprint density at radius 1 is 1.06 bits per heavy atom. The van der Waals surface area contributed by atoms with Gasteiger partial charge in [-0.3, -0.25) is 4.79 Å². The molecule has 88 valence electrons. The van der Waals surface area contributed by atoms with E-state index in [0.717, 1.165) is 0 Å². The number of aldehydes is 1. The lowest BCUT2D eigenvalue weighted by atomic mass is 10.1. The SMILES string of the molecule is COc1cccc(OC)c1-c1ccc(C=O)o1. The van der Waals surface area contributed by atoms with Gasteiger partial charge in [0.15, 0.2) is 12.0 Å². The molecule has 0 saturated carbocycles. The van der Waals surface area contributed by atoms with Crippen molar-refractivity contribution < 1.29 is 18.7 Å². The summed E-state index contributed by atoms with van der Waals surface area (Å²) < 4.78 is 15.9. The molecule has 17 heavy (non-hydrogen) atoms. The molecule has 2 rings (SSSR count). The molecule has 0 bridgehead atoms. The molecule has 1 aromatic carbocycles. The van der Waals surface area contributed by atoms with Crippen LogP contribution in [0.25, 0.3) is 11.3 Å². The van der Waals surface area contributed by atoms with E-state index in [2.05, 4.69) is 0 Å². The standard InChI is InChI=1S/C13H12O4/c1-15-10-4-3-5-11(16-2)13(10)12-7-6-9(8-14)17-12/h3-8H,1-2H3. The van der Waals surface area contributed by atoms with E-state index in [1.165, 1.54) is 0 Å². The monoisotopic (exact) mass is 232 g/mol. The topological polar surface area (TPSA) is 48.7 Å². The zero-order chi connectivity index (χ0) is 12.3. The van der Waals surface area contributed by atoms with Gasteiger partial charge in [-0.1, -0.05) is 6.07 Å². The van der Waals surface area contributed by atoms with E-state index < -0.39 is 0 Å². The lowest BCUT2D eigenvalue weighted by molar-refractivity contribution is 0.110. The first-order valence-electron chi connectivity index (χ1n) is 5.06. The molecule has 0 unspecified atom stereocenters. The largest absolute Gasteiger partial charge is 0.496 e. The molecule has 1 heterocycles. The Bertz CT molecular complexity index is 506. The molecule has 0 atom stereocenters. The Balaban J connectivity index is 2.59. The van der Waals surface area contributed by atoms with Crippen LogP contribution >= 0.6 is 0 Å². The Hall–Kier alpha value is -2.23. The normalized spacial score (nSPS) is 10.0. The second kappa shape index (κ2) is 4.74. The molecule has 0 aliphatic heterocycles. The molecule has 4 nitrogen and oxygen atoms in total. The Morgan fingerprint density at radius 2 is 1.71 bits per heavy atom. The third-order valence-corrected chi connectivity index (χ3v) is 2.42. The van der Waals surface area contributed by atoms with Crippen LogP contribution < -0.4 is 9.47 Å². The van der Waals surface area contributed by atoms with Crippen LogP contribution in [0.2, 0.25) is 0 Å². The fraction of sp³-hybridized carbons (Fsp3) is 0.154. The third-order valence-electron chi connectivity index (χ3n) is 2.42. The van der Waals surface area contributed by atoms with Crippen molar-refractivity contribution in [2.75, 3.05) is 14.2 Å². The molecular formula is C13H12O4. The van der Waals surface area contributed by atoms with Crippen LogP contribution in [0, 0.1) is 0 Å². The van der Waals surface area contributed by atoms with Gasteiger partial charge in [0.1, 0.15) is 22.8 Å². The third kappa shape index (κ3) is 2.01. The van der Waals surface area contributed by atoms with Crippen LogP contribution in [0.4, 0.5) is 0 Å². The minimum Gasteiger partial charge on any atom is -0.496 e. The molecule has 0 radical (unpaired) electrons. The summed E-state index contributed by atoms with van der Waals surface area (Å²) in [6, 6.07) is 8.75. The Labute approximate surface area is 98.8 Å². The average molecular weight is 232 g/mol. The van der Waals surface area contributed by atoms with Crippen molar-refractivity contribution in [3.63, 3.8) is 0 Å². The number of methoxy groups -OCH3 is 2. The van der Waals surface area contributed by atoms with Crippen LogP contribution in [0.1, 0.15) is 10.6 Å². The second-order valence-corrected chi connectivity index (χ2v) is 3.36. The highest BCUT2D eigenvalue weighted by Gasteiger charge is 2.15. The molecule has 4 heteroatoms. The summed E-state index contributed by atoms with van der Waals surface area (Å²) in [5, 5.41) is 0. The maximum Gasteiger partial charge on any atom is 0.185 e. The lowest BCUT2D eigenvalue weighted by Crippen LogP contribution is -1.91. The predicted octanol–water partition coefficient (Wildman–Crippen LogP) is 2.78. The van der Waals surface area contributed by atoms with Crippen molar-refractivity contribution in [2.24, 2.45) is 0 Å². The number of benzene rings is 1. The van der Waals surface area contributed by atoms with Gasteiger partial charge in [0.05, 0.1) is 14.2 Å². The van der Waals surface area contributed by atoms with Gasteiger partial charge >= 0.3 is 0 Å². The highest BCUT2D eigenvalue weighted by Crippen LogP contribution is 2.38. The summed E-state index contributed by atoms with van der Waals surface area (Å²) >= 11 is 0. The van der Waals surface area contributed by atoms with Crippen LogP contribution in [-0.2, 0) is 0 Å². The number of carbonyl (C=O) groups is 1. The Kier molecular flexibility index (Phi) is 3.14. The number of ether oxygens (including phenoxy) is 2. The highest BCUT2D eigenvalue weighted by molar-refractivity contribution is 5.77.